The minimum Gasteiger partial charge on any atom is -0.507 e. The monoisotopic (exact) mass is 588 g/mol. The Morgan fingerprint density at radius 2 is 1.26 bits per heavy atom. The highest BCUT2D eigenvalue weighted by molar-refractivity contribution is 6.30. The molecule has 0 saturated heterocycles. The summed E-state index contributed by atoms with van der Waals surface area (Å²) >= 11 is 5.84. The van der Waals surface area contributed by atoms with Gasteiger partial charge in [-0.05, 0) is 88.4 Å². The molecule has 42 heavy (non-hydrogen) atoms. The first-order chi connectivity index (χ1) is 19.9. The number of esters is 1. The lowest BCUT2D eigenvalue weighted by Gasteiger charge is -2.25. The Morgan fingerprint density at radius 3 is 1.79 bits per heavy atom. The number of carbonyl (C=O) groups excluding carboxylic acids is 3. The maximum atomic E-state index is 12.4. The molecule has 0 fully saturated rings. The Balaban J connectivity index is 0.000000247. The fourth-order valence-corrected chi connectivity index (χ4v) is 3.84. The van der Waals surface area contributed by atoms with Gasteiger partial charge in [0.25, 0.3) is 0 Å². The standard InChI is InChI=1S/C20H21ClO4.C14H12O3/c1-13(2)24-19(23)20(3,4)25-17-11-7-15(8-12-17)18(22)14-5-9-16(21)10-6-14;1-17-11-7-8-12(13(15)9-11)14(16)10-5-3-2-4-6-10/h5-13H,1-4H3;2-9,15H,1H3. The Bertz CT molecular complexity index is 1510. The zero-order valence-electron chi connectivity index (χ0n) is 24.1. The quantitative estimate of drug-likeness (QED) is 0.162. The van der Waals surface area contributed by atoms with Crippen molar-refractivity contribution in [3.05, 3.63) is 124 Å². The van der Waals surface area contributed by atoms with E-state index in [0.717, 1.165) is 0 Å². The Kier molecular flexibility index (Phi) is 10.9. The summed E-state index contributed by atoms with van der Waals surface area (Å²) in [5, 5.41) is 10.3. The van der Waals surface area contributed by atoms with Crippen LogP contribution in [-0.2, 0) is 9.53 Å². The van der Waals surface area contributed by atoms with Gasteiger partial charge in [-0.1, -0.05) is 41.9 Å². The number of halogens is 1. The van der Waals surface area contributed by atoms with Crippen LogP contribution in [0.3, 0.4) is 0 Å². The number of ether oxygens (including phenoxy) is 3. The van der Waals surface area contributed by atoms with Crippen LogP contribution in [0.15, 0.2) is 97.1 Å². The molecule has 0 aromatic heterocycles. The summed E-state index contributed by atoms with van der Waals surface area (Å²) in [4.78, 5) is 36.5. The van der Waals surface area contributed by atoms with Crippen LogP contribution in [-0.4, -0.2) is 41.5 Å². The van der Waals surface area contributed by atoms with Gasteiger partial charge in [-0.15, -0.1) is 0 Å². The number of hydrogen-bond donors (Lipinski definition) is 1. The molecule has 0 amide bonds. The van der Waals surface area contributed by atoms with Crippen molar-refractivity contribution in [3.63, 3.8) is 0 Å². The number of phenols is 1. The maximum absolute atomic E-state index is 12.4. The van der Waals surface area contributed by atoms with E-state index in [0.29, 0.717) is 33.2 Å². The van der Waals surface area contributed by atoms with Crippen LogP contribution in [0.5, 0.6) is 17.2 Å². The molecule has 4 aromatic carbocycles. The summed E-state index contributed by atoms with van der Waals surface area (Å²) < 4.78 is 15.9. The van der Waals surface area contributed by atoms with Crippen LogP contribution >= 0.6 is 11.6 Å². The van der Waals surface area contributed by atoms with E-state index in [2.05, 4.69) is 0 Å². The average molecular weight is 589 g/mol. The molecule has 0 aliphatic rings. The van der Waals surface area contributed by atoms with Crippen molar-refractivity contribution in [2.75, 3.05) is 7.11 Å². The van der Waals surface area contributed by atoms with Gasteiger partial charge < -0.3 is 19.3 Å². The molecule has 0 bridgehead atoms. The van der Waals surface area contributed by atoms with Gasteiger partial charge in [0.05, 0.1) is 18.8 Å². The second-order valence-electron chi connectivity index (χ2n) is 10.0. The van der Waals surface area contributed by atoms with Crippen LogP contribution < -0.4 is 9.47 Å². The SMILES string of the molecule is CC(C)OC(=O)C(C)(C)Oc1ccc(C(=O)c2ccc(Cl)cc2)cc1.COc1ccc(C(=O)c2ccccc2)c(O)c1. The van der Waals surface area contributed by atoms with Gasteiger partial charge in [-0.25, -0.2) is 4.79 Å². The van der Waals surface area contributed by atoms with Crippen LogP contribution in [0.1, 0.15) is 59.5 Å². The molecule has 0 atom stereocenters. The van der Waals surface area contributed by atoms with Crippen molar-refractivity contribution in [2.45, 2.75) is 39.4 Å². The van der Waals surface area contributed by atoms with E-state index in [1.54, 1.807) is 113 Å². The van der Waals surface area contributed by atoms with E-state index in [1.807, 2.05) is 6.07 Å². The summed E-state index contributed by atoms with van der Waals surface area (Å²) in [6.45, 7) is 6.85. The zero-order chi connectivity index (χ0) is 30.9. The van der Waals surface area contributed by atoms with Crippen molar-refractivity contribution in [1.82, 2.24) is 0 Å². The third kappa shape index (κ3) is 8.69. The van der Waals surface area contributed by atoms with Crippen LogP contribution in [0.25, 0.3) is 0 Å². The van der Waals surface area contributed by atoms with Gasteiger partial charge in [-0.2, -0.15) is 0 Å². The van der Waals surface area contributed by atoms with Crippen molar-refractivity contribution in [3.8, 4) is 17.2 Å². The largest absolute Gasteiger partial charge is 0.507 e. The van der Waals surface area contributed by atoms with Gasteiger partial charge >= 0.3 is 5.97 Å². The number of aromatic hydroxyl groups is 1. The lowest BCUT2D eigenvalue weighted by Crippen LogP contribution is -2.40. The van der Waals surface area contributed by atoms with E-state index in [9.17, 15) is 19.5 Å². The van der Waals surface area contributed by atoms with Crippen molar-refractivity contribution in [2.24, 2.45) is 0 Å². The van der Waals surface area contributed by atoms with Gasteiger partial charge in [0.1, 0.15) is 17.2 Å². The molecule has 0 saturated carbocycles. The molecule has 218 valence electrons. The summed E-state index contributed by atoms with van der Waals surface area (Å²) in [5.41, 5.74) is 0.785. The first kappa shape index (κ1) is 31.9. The summed E-state index contributed by atoms with van der Waals surface area (Å²) in [6, 6.07) is 26.8. The molecule has 7 nitrogen and oxygen atoms in total. The minimum atomic E-state index is -1.12. The summed E-state index contributed by atoms with van der Waals surface area (Å²) in [7, 11) is 1.51. The summed E-state index contributed by atoms with van der Waals surface area (Å²) in [6.07, 6.45) is -0.213. The normalized spacial score (nSPS) is 10.7. The van der Waals surface area contributed by atoms with E-state index < -0.39 is 11.6 Å². The van der Waals surface area contributed by atoms with Gasteiger partial charge in [0, 0.05) is 27.8 Å². The first-order valence-corrected chi connectivity index (χ1v) is 13.6. The van der Waals surface area contributed by atoms with Crippen molar-refractivity contribution >= 4 is 29.1 Å². The molecule has 1 N–H and O–H groups in total. The van der Waals surface area contributed by atoms with Gasteiger partial charge in [0.15, 0.2) is 17.2 Å². The maximum Gasteiger partial charge on any atom is 0.350 e. The third-order valence-electron chi connectivity index (χ3n) is 5.92. The molecule has 0 spiro atoms. The molecule has 4 rings (SSSR count). The lowest BCUT2D eigenvalue weighted by atomic mass is 10.0. The number of phenolic OH excluding ortho intramolecular Hbond substituents is 1. The topological polar surface area (TPSA) is 99.1 Å². The predicted molar refractivity (Wildman–Crippen MR) is 162 cm³/mol. The molecule has 0 aliphatic carbocycles. The number of methoxy groups -OCH3 is 1. The summed E-state index contributed by atoms with van der Waals surface area (Å²) in [5.74, 6) is 0.181. The average Bonchev–Trinajstić information content (AvgIpc) is 2.97. The van der Waals surface area contributed by atoms with Gasteiger partial charge in [-0.3, -0.25) is 9.59 Å². The lowest BCUT2D eigenvalue weighted by molar-refractivity contribution is -0.163. The number of hydrogen-bond acceptors (Lipinski definition) is 7. The van der Waals surface area contributed by atoms with Crippen LogP contribution in [0, 0.1) is 0 Å². The molecule has 0 radical (unpaired) electrons. The van der Waals surface area contributed by atoms with Crippen LogP contribution in [0.2, 0.25) is 5.02 Å². The minimum absolute atomic E-state index is 0.0711. The third-order valence-corrected chi connectivity index (χ3v) is 6.17. The second kappa shape index (κ2) is 14.3. The van der Waals surface area contributed by atoms with Crippen molar-refractivity contribution < 1.29 is 33.7 Å². The number of carbonyl (C=O) groups is 3. The molecular formula is C34H33ClO7. The zero-order valence-corrected chi connectivity index (χ0v) is 24.8. The van der Waals surface area contributed by atoms with Crippen LogP contribution in [0.4, 0.5) is 0 Å². The fraction of sp³-hybridized carbons (Fsp3) is 0.206. The smallest absolute Gasteiger partial charge is 0.350 e. The van der Waals surface area contributed by atoms with Gasteiger partial charge in [0.2, 0.25) is 0 Å². The molecule has 0 unspecified atom stereocenters. The highest BCUT2D eigenvalue weighted by atomic mass is 35.5. The fourth-order valence-electron chi connectivity index (χ4n) is 3.71. The number of rotatable bonds is 9. The second-order valence-corrected chi connectivity index (χ2v) is 10.4. The number of ketones is 2. The van der Waals surface area contributed by atoms with E-state index in [1.165, 1.54) is 13.2 Å². The first-order valence-electron chi connectivity index (χ1n) is 13.2. The molecule has 8 heteroatoms. The molecule has 0 aliphatic heterocycles. The predicted octanol–water partition coefficient (Wildman–Crippen LogP) is 7.31. The Labute approximate surface area is 250 Å². The molecule has 0 heterocycles. The highest BCUT2D eigenvalue weighted by Gasteiger charge is 2.32. The Morgan fingerprint density at radius 1 is 0.738 bits per heavy atom. The molecule has 4 aromatic rings. The molecular weight excluding hydrogens is 556 g/mol. The van der Waals surface area contributed by atoms with Crippen molar-refractivity contribution in [1.29, 1.82) is 0 Å². The van der Waals surface area contributed by atoms with E-state index >= 15 is 0 Å². The number of benzene rings is 4. The van der Waals surface area contributed by atoms with E-state index in [-0.39, 0.29) is 29.0 Å². The highest BCUT2D eigenvalue weighted by Crippen LogP contribution is 2.26. The van der Waals surface area contributed by atoms with E-state index in [4.69, 9.17) is 25.8 Å². The Hall–Kier alpha value is -4.62.